The molecule has 0 spiro atoms. The van der Waals surface area contributed by atoms with Crippen molar-refractivity contribution in [3.05, 3.63) is 69.2 Å². The lowest BCUT2D eigenvalue weighted by molar-refractivity contribution is -0.125. The molecule has 1 N–H and O–H groups in total. The second-order valence-electron chi connectivity index (χ2n) is 7.36. The van der Waals surface area contributed by atoms with Crippen molar-refractivity contribution >= 4 is 50.8 Å². The lowest BCUT2D eigenvalue weighted by atomic mass is 10.1. The van der Waals surface area contributed by atoms with Crippen LogP contribution in [0.25, 0.3) is 0 Å². The van der Waals surface area contributed by atoms with Gasteiger partial charge in [-0.25, -0.2) is 8.42 Å². The van der Waals surface area contributed by atoms with Gasteiger partial charge in [0, 0.05) is 6.26 Å². The van der Waals surface area contributed by atoms with Crippen molar-refractivity contribution in [3.63, 3.8) is 0 Å². The topological polar surface area (TPSA) is 101 Å². The lowest BCUT2D eigenvalue weighted by Crippen LogP contribution is -2.50. The lowest BCUT2D eigenvalue weighted by Gasteiger charge is -2.27. The zero-order valence-electron chi connectivity index (χ0n) is 16.8. The number of nitrogens with one attached hydrogen (secondary N) is 1. The number of hydrogen-bond acceptors (Lipinski definition) is 5. The van der Waals surface area contributed by atoms with E-state index < -0.39 is 39.6 Å². The third-order valence-electron chi connectivity index (χ3n) is 5.00. The van der Waals surface area contributed by atoms with Crippen LogP contribution in [0.3, 0.4) is 0 Å². The fraction of sp³-hybridized carbons (Fsp3) is 0.286. The molecule has 1 aliphatic heterocycles. The van der Waals surface area contributed by atoms with E-state index in [1.165, 1.54) is 12.1 Å². The highest BCUT2D eigenvalue weighted by Gasteiger charge is 2.43. The third kappa shape index (κ3) is 5.08. The molecular weight excluding hydrogens is 463 g/mol. The van der Waals surface area contributed by atoms with E-state index in [1.54, 1.807) is 37.3 Å². The van der Waals surface area contributed by atoms with Gasteiger partial charge in [-0.15, -0.1) is 0 Å². The normalized spacial score (nSPS) is 15.5. The number of sulfone groups is 1. The maximum Gasteiger partial charge on any atom is 0.262 e. The molecule has 164 valence electrons. The van der Waals surface area contributed by atoms with E-state index in [0.29, 0.717) is 15.6 Å². The smallest absolute Gasteiger partial charge is 0.262 e. The van der Waals surface area contributed by atoms with Gasteiger partial charge in [0.2, 0.25) is 5.91 Å². The van der Waals surface area contributed by atoms with Crippen LogP contribution in [0.4, 0.5) is 0 Å². The number of halogens is 2. The molecule has 7 nitrogen and oxygen atoms in total. The Labute approximate surface area is 190 Å². The Bertz CT molecular complexity index is 1130. The molecule has 31 heavy (non-hydrogen) atoms. The van der Waals surface area contributed by atoms with Gasteiger partial charge >= 0.3 is 0 Å². The summed E-state index contributed by atoms with van der Waals surface area (Å²) >= 11 is 12.0. The average Bonchev–Trinajstić information content (AvgIpc) is 2.95. The molecule has 2 aromatic rings. The minimum atomic E-state index is -3.44. The molecule has 0 saturated heterocycles. The number of carbonyl (C=O) groups excluding carboxylic acids is 3. The summed E-state index contributed by atoms with van der Waals surface area (Å²) in [5.41, 5.74) is 1.02. The molecule has 0 aromatic heterocycles. The quantitative estimate of drug-likeness (QED) is 0.610. The van der Waals surface area contributed by atoms with Crippen LogP contribution in [0, 0.1) is 0 Å². The summed E-state index contributed by atoms with van der Waals surface area (Å²) in [5.74, 6) is -2.26. The van der Waals surface area contributed by atoms with E-state index in [-0.39, 0.29) is 23.3 Å². The van der Waals surface area contributed by atoms with Crippen molar-refractivity contribution in [2.24, 2.45) is 0 Å². The summed E-state index contributed by atoms with van der Waals surface area (Å²) in [4.78, 5) is 39.7. The van der Waals surface area contributed by atoms with E-state index in [1.807, 2.05) is 0 Å². The van der Waals surface area contributed by atoms with E-state index in [2.05, 4.69) is 5.32 Å². The Morgan fingerprint density at radius 3 is 2.13 bits per heavy atom. The van der Waals surface area contributed by atoms with Crippen LogP contribution in [0.2, 0.25) is 10.0 Å². The molecule has 0 radical (unpaired) electrons. The van der Waals surface area contributed by atoms with Gasteiger partial charge in [0.15, 0.2) is 0 Å². The van der Waals surface area contributed by atoms with Gasteiger partial charge in [-0.1, -0.05) is 41.4 Å². The van der Waals surface area contributed by atoms with Crippen LogP contribution in [0.5, 0.6) is 0 Å². The van der Waals surface area contributed by atoms with Crippen LogP contribution in [-0.2, 0) is 14.6 Å². The highest BCUT2D eigenvalue weighted by atomic mass is 35.5. The number of benzene rings is 2. The standard InChI is InChI=1S/C21H20Cl2N2O5S/c1-12(13-7-8-16(22)17(23)11-13)24-19(26)18(9-10-31(2,29)30)25-20(27)14-5-3-4-6-15(14)21(25)28/h3-8,11-12,18H,9-10H2,1-2H3,(H,24,26). The number of rotatable bonds is 7. The van der Waals surface area contributed by atoms with Gasteiger partial charge in [0.25, 0.3) is 11.8 Å². The first-order chi connectivity index (χ1) is 14.5. The molecule has 1 aliphatic rings. The molecule has 3 rings (SSSR count). The molecule has 0 bridgehead atoms. The zero-order chi connectivity index (χ0) is 22.9. The number of imide groups is 1. The second kappa shape index (κ2) is 8.98. The summed E-state index contributed by atoms with van der Waals surface area (Å²) in [6, 6.07) is 9.29. The van der Waals surface area contributed by atoms with Crippen LogP contribution in [0.15, 0.2) is 42.5 Å². The molecule has 2 atom stereocenters. The fourth-order valence-corrected chi connectivity index (χ4v) is 4.33. The Kier molecular flexibility index (Phi) is 6.73. The first kappa shape index (κ1) is 23.2. The molecule has 3 amide bonds. The fourth-order valence-electron chi connectivity index (χ4n) is 3.37. The molecule has 2 unspecified atom stereocenters. The van der Waals surface area contributed by atoms with Crippen molar-refractivity contribution in [1.29, 1.82) is 0 Å². The number of fused-ring (bicyclic) bond motifs is 1. The summed E-state index contributed by atoms with van der Waals surface area (Å²) in [6.45, 7) is 1.70. The minimum Gasteiger partial charge on any atom is -0.348 e. The van der Waals surface area contributed by atoms with Gasteiger partial charge < -0.3 is 5.32 Å². The van der Waals surface area contributed by atoms with E-state index >= 15 is 0 Å². The van der Waals surface area contributed by atoms with E-state index in [0.717, 1.165) is 11.2 Å². The Morgan fingerprint density at radius 2 is 1.61 bits per heavy atom. The van der Waals surface area contributed by atoms with Crippen LogP contribution in [-0.4, -0.2) is 49.1 Å². The molecule has 1 heterocycles. The Hall–Kier alpha value is -2.42. The molecule has 10 heteroatoms. The van der Waals surface area contributed by atoms with Gasteiger partial charge in [0.05, 0.1) is 33.0 Å². The molecular formula is C21H20Cl2N2O5S. The molecule has 0 fully saturated rings. The maximum absolute atomic E-state index is 13.1. The predicted molar refractivity (Wildman–Crippen MR) is 118 cm³/mol. The molecule has 0 aliphatic carbocycles. The first-order valence-corrected chi connectivity index (χ1v) is 12.2. The highest BCUT2D eigenvalue weighted by Crippen LogP contribution is 2.28. The van der Waals surface area contributed by atoms with Crippen LogP contribution in [0.1, 0.15) is 45.7 Å². The van der Waals surface area contributed by atoms with Crippen molar-refractivity contribution in [2.75, 3.05) is 12.0 Å². The van der Waals surface area contributed by atoms with Crippen molar-refractivity contribution in [1.82, 2.24) is 10.2 Å². The average molecular weight is 483 g/mol. The van der Waals surface area contributed by atoms with Gasteiger partial charge in [-0.3, -0.25) is 19.3 Å². The van der Waals surface area contributed by atoms with Gasteiger partial charge in [0.1, 0.15) is 15.9 Å². The van der Waals surface area contributed by atoms with Crippen LogP contribution >= 0.6 is 23.2 Å². The molecule has 0 saturated carbocycles. The maximum atomic E-state index is 13.1. The minimum absolute atomic E-state index is 0.183. The number of nitrogens with zero attached hydrogens (tertiary/aromatic N) is 1. The first-order valence-electron chi connectivity index (χ1n) is 9.39. The summed E-state index contributed by atoms with van der Waals surface area (Å²) in [7, 11) is -3.44. The largest absolute Gasteiger partial charge is 0.348 e. The van der Waals surface area contributed by atoms with E-state index in [9.17, 15) is 22.8 Å². The Balaban J connectivity index is 1.88. The molecule has 2 aromatic carbocycles. The van der Waals surface area contributed by atoms with Gasteiger partial charge in [-0.2, -0.15) is 0 Å². The number of carbonyl (C=O) groups is 3. The van der Waals surface area contributed by atoms with Crippen molar-refractivity contribution in [2.45, 2.75) is 25.4 Å². The van der Waals surface area contributed by atoms with Crippen molar-refractivity contribution < 1.29 is 22.8 Å². The summed E-state index contributed by atoms with van der Waals surface area (Å²) < 4.78 is 23.4. The third-order valence-corrected chi connectivity index (χ3v) is 6.72. The van der Waals surface area contributed by atoms with E-state index in [4.69, 9.17) is 23.2 Å². The number of amides is 3. The van der Waals surface area contributed by atoms with Gasteiger partial charge in [-0.05, 0) is 43.2 Å². The zero-order valence-corrected chi connectivity index (χ0v) is 19.1. The van der Waals surface area contributed by atoms with Crippen molar-refractivity contribution in [3.8, 4) is 0 Å². The predicted octanol–water partition coefficient (Wildman–Crippen LogP) is 3.27. The van der Waals surface area contributed by atoms with Crippen LogP contribution < -0.4 is 5.32 Å². The highest BCUT2D eigenvalue weighted by molar-refractivity contribution is 7.90. The number of hydrogen-bond donors (Lipinski definition) is 1. The summed E-state index contributed by atoms with van der Waals surface area (Å²) in [6.07, 6.45) is 0.812. The second-order valence-corrected chi connectivity index (χ2v) is 10.4. The Morgan fingerprint density at radius 1 is 1.03 bits per heavy atom. The SMILES string of the molecule is CC(NC(=O)C(CCS(C)(=O)=O)N1C(=O)c2ccccc2C1=O)c1ccc(Cl)c(Cl)c1. The summed E-state index contributed by atoms with van der Waals surface area (Å²) in [5, 5.41) is 3.42. The monoisotopic (exact) mass is 482 g/mol.